The number of carbonyl (C=O) groups excluding carboxylic acids is 1. The highest BCUT2D eigenvalue weighted by Crippen LogP contribution is 2.12. The molecule has 0 rings (SSSR count). The number of hydrogen-bond acceptors (Lipinski definition) is 2. The Morgan fingerprint density at radius 2 is 1.21 bits per heavy atom. The average Bonchev–Trinajstić information content (AvgIpc) is 2.55. The van der Waals surface area contributed by atoms with Crippen LogP contribution in [0.25, 0.3) is 0 Å². The van der Waals surface area contributed by atoms with Crippen molar-refractivity contribution < 1.29 is 9.53 Å². The summed E-state index contributed by atoms with van der Waals surface area (Å²) < 4.78 is 5.32. The summed E-state index contributed by atoms with van der Waals surface area (Å²) in [6.07, 6.45) is 19.8. The normalized spacial score (nSPS) is 11.2. The molecule has 0 aliphatic carbocycles. The summed E-state index contributed by atoms with van der Waals surface area (Å²) in [7, 11) is 0. The zero-order valence-corrected chi connectivity index (χ0v) is 16.9. The van der Waals surface area contributed by atoms with Gasteiger partial charge in [-0.05, 0) is 18.8 Å². The van der Waals surface area contributed by atoms with E-state index in [-0.39, 0.29) is 5.97 Å². The maximum Gasteiger partial charge on any atom is 0.305 e. The van der Waals surface area contributed by atoms with Gasteiger partial charge in [-0.1, -0.05) is 104 Å². The molecule has 0 radical (unpaired) electrons. The Kier molecular flexibility index (Phi) is 18.4. The molecule has 2 heteroatoms. The second-order valence-electron chi connectivity index (χ2n) is 7.75. The van der Waals surface area contributed by atoms with E-state index in [0.29, 0.717) is 13.0 Å². The van der Waals surface area contributed by atoms with Crippen LogP contribution in [-0.4, -0.2) is 12.6 Å². The fourth-order valence-electron chi connectivity index (χ4n) is 3.02. The van der Waals surface area contributed by atoms with E-state index < -0.39 is 0 Å². The van der Waals surface area contributed by atoms with Crippen molar-refractivity contribution in [3.05, 3.63) is 0 Å². The van der Waals surface area contributed by atoms with Gasteiger partial charge in [0, 0.05) is 6.42 Å². The van der Waals surface area contributed by atoms with E-state index in [4.69, 9.17) is 4.74 Å². The largest absolute Gasteiger partial charge is 0.466 e. The summed E-state index contributed by atoms with van der Waals surface area (Å²) in [5.74, 6) is 0.838. The number of rotatable bonds is 18. The van der Waals surface area contributed by atoms with Gasteiger partial charge < -0.3 is 4.74 Å². The first kappa shape index (κ1) is 23.5. The van der Waals surface area contributed by atoms with Gasteiger partial charge in [-0.25, -0.2) is 0 Å². The van der Waals surface area contributed by atoms with Crippen molar-refractivity contribution in [2.24, 2.45) is 5.92 Å². The van der Waals surface area contributed by atoms with E-state index >= 15 is 0 Å². The minimum Gasteiger partial charge on any atom is -0.466 e. The van der Waals surface area contributed by atoms with E-state index in [0.717, 1.165) is 18.8 Å². The van der Waals surface area contributed by atoms with Crippen LogP contribution in [0.15, 0.2) is 0 Å². The van der Waals surface area contributed by atoms with Gasteiger partial charge in [-0.2, -0.15) is 0 Å². The summed E-state index contributed by atoms with van der Waals surface area (Å²) >= 11 is 0. The van der Waals surface area contributed by atoms with Crippen molar-refractivity contribution >= 4 is 5.97 Å². The Balaban J connectivity index is 3.16. The van der Waals surface area contributed by atoms with E-state index in [1.54, 1.807) is 0 Å². The summed E-state index contributed by atoms with van der Waals surface area (Å²) in [5.41, 5.74) is 0. The fraction of sp³-hybridized carbons (Fsp3) is 0.955. The van der Waals surface area contributed by atoms with Crippen molar-refractivity contribution in [3.63, 3.8) is 0 Å². The third-order valence-electron chi connectivity index (χ3n) is 4.67. The maximum atomic E-state index is 11.6. The Morgan fingerprint density at radius 1 is 0.708 bits per heavy atom. The molecule has 0 aromatic rings. The molecule has 0 aromatic carbocycles. The zero-order valence-electron chi connectivity index (χ0n) is 16.9. The highest BCUT2D eigenvalue weighted by Gasteiger charge is 2.02. The summed E-state index contributed by atoms with van der Waals surface area (Å²) in [5, 5.41) is 0. The first-order chi connectivity index (χ1) is 11.7. The molecule has 0 unspecified atom stereocenters. The Labute approximate surface area is 152 Å². The lowest BCUT2D eigenvalue weighted by Crippen LogP contribution is -2.05. The van der Waals surface area contributed by atoms with Crippen molar-refractivity contribution in [3.8, 4) is 0 Å². The zero-order chi connectivity index (χ0) is 17.9. The van der Waals surface area contributed by atoms with Gasteiger partial charge in [-0.3, -0.25) is 4.79 Å². The molecule has 0 saturated heterocycles. The van der Waals surface area contributed by atoms with E-state index in [9.17, 15) is 4.79 Å². The summed E-state index contributed by atoms with van der Waals surface area (Å²) in [6.45, 7) is 7.45. The predicted molar refractivity (Wildman–Crippen MR) is 105 cm³/mol. The van der Waals surface area contributed by atoms with Crippen LogP contribution >= 0.6 is 0 Å². The first-order valence-corrected chi connectivity index (χ1v) is 10.8. The SMILES string of the molecule is CCCCCCCCCCCC(=O)OCCCCCCCC(C)C. The van der Waals surface area contributed by atoms with Gasteiger partial charge in [0.2, 0.25) is 0 Å². The number of carbonyl (C=O) groups is 1. The molecule has 0 fully saturated rings. The molecule has 24 heavy (non-hydrogen) atoms. The molecule has 0 amide bonds. The topological polar surface area (TPSA) is 26.3 Å². The summed E-state index contributed by atoms with van der Waals surface area (Å²) in [4.78, 5) is 11.6. The fourth-order valence-corrected chi connectivity index (χ4v) is 3.02. The lowest BCUT2D eigenvalue weighted by atomic mass is 10.0. The molecule has 2 nitrogen and oxygen atoms in total. The summed E-state index contributed by atoms with van der Waals surface area (Å²) in [6, 6.07) is 0. The second-order valence-corrected chi connectivity index (χ2v) is 7.75. The van der Waals surface area contributed by atoms with Gasteiger partial charge in [0.1, 0.15) is 0 Å². The van der Waals surface area contributed by atoms with Crippen LogP contribution in [-0.2, 0) is 9.53 Å². The number of hydrogen-bond donors (Lipinski definition) is 0. The Morgan fingerprint density at radius 3 is 1.79 bits per heavy atom. The minimum atomic E-state index is 0.0118. The molecule has 0 heterocycles. The molecule has 0 spiro atoms. The molecule has 0 N–H and O–H groups in total. The molecule has 144 valence electrons. The van der Waals surface area contributed by atoms with E-state index in [1.165, 1.54) is 83.5 Å². The molecular formula is C22H44O2. The standard InChI is InChI=1S/C22H44O2/c1-4-5-6-7-8-9-10-13-16-19-22(23)24-20-17-14-11-12-15-18-21(2)3/h21H,4-20H2,1-3H3. The Bertz CT molecular complexity index is 261. The lowest BCUT2D eigenvalue weighted by Gasteiger charge is -2.06. The lowest BCUT2D eigenvalue weighted by molar-refractivity contribution is -0.143. The second kappa shape index (κ2) is 18.8. The third-order valence-corrected chi connectivity index (χ3v) is 4.67. The molecule has 0 bridgehead atoms. The molecular weight excluding hydrogens is 296 g/mol. The van der Waals surface area contributed by atoms with Crippen LogP contribution in [0.4, 0.5) is 0 Å². The minimum absolute atomic E-state index is 0.0118. The van der Waals surface area contributed by atoms with Crippen LogP contribution in [0.1, 0.15) is 124 Å². The molecule has 0 saturated carbocycles. The molecule has 0 aromatic heterocycles. The van der Waals surface area contributed by atoms with Gasteiger partial charge in [0.05, 0.1) is 6.61 Å². The first-order valence-electron chi connectivity index (χ1n) is 10.8. The highest BCUT2D eigenvalue weighted by atomic mass is 16.5. The molecule has 0 aliphatic rings. The van der Waals surface area contributed by atoms with Crippen molar-refractivity contribution in [2.45, 2.75) is 124 Å². The maximum absolute atomic E-state index is 11.6. The van der Waals surface area contributed by atoms with E-state index in [2.05, 4.69) is 20.8 Å². The quantitative estimate of drug-likeness (QED) is 0.191. The molecule has 0 atom stereocenters. The van der Waals surface area contributed by atoms with Crippen molar-refractivity contribution in [1.29, 1.82) is 0 Å². The molecule has 0 aliphatic heterocycles. The van der Waals surface area contributed by atoms with Crippen LogP contribution in [0.2, 0.25) is 0 Å². The van der Waals surface area contributed by atoms with Crippen molar-refractivity contribution in [1.82, 2.24) is 0 Å². The van der Waals surface area contributed by atoms with Crippen LogP contribution in [0.5, 0.6) is 0 Å². The predicted octanol–water partition coefficient (Wildman–Crippen LogP) is 7.45. The highest BCUT2D eigenvalue weighted by molar-refractivity contribution is 5.69. The van der Waals surface area contributed by atoms with Gasteiger partial charge in [0.25, 0.3) is 0 Å². The van der Waals surface area contributed by atoms with Crippen LogP contribution < -0.4 is 0 Å². The van der Waals surface area contributed by atoms with E-state index in [1.807, 2.05) is 0 Å². The van der Waals surface area contributed by atoms with Gasteiger partial charge >= 0.3 is 5.97 Å². The Hall–Kier alpha value is -0.530. The smallest absolute Gasteiger partial charge is 0.305 e. The number of esters is 1. The van der Waals surface area contributed by atoms with Gasteiger partial charge in [0.15, 0.2) is 0 Å². The van der Waals surface area contributed by atoms with Crippen LogP contribution in [0.3, 0.4) is 0 Å². The van der Waals surface area contributed by atoms with Crippen molar-refractivity contribution in [2.75, 3.05) is 6.61 Å². The third kappa shape index (κ3) is 19.5. The number of ether oxygens (including phenoxy) is 1. The van der Waals surface area contributed by atoms with Crippen LogP contribution in [0, 0.1) is 5.92 Å². The van der Waals surface area contributed by atoms with Gasteiger partial charge in [-0.15, -0.1) is 0 Å². The average molecular weight is 341 g/mol. The monoisotopic (exact) mass is 340 g/mol. The number of unbranched alkanes of at least 4 members (excludes halogenated alkanes) is 12.